The smallest absolute Gasteiger partial charge is 0.251 e. The third-order valence-corrected chi connectivity index (χ3v) is 5.62. The van der Waals surface area contributed by atoms with Crippen molar-refractivity contribution >= 4 is 34.8 Å². The molecule has 0 fully saturated rings. The molecule has 1 aromatic heterocycles. The predicted molar refractivity (Wildman–Crippen MR) is 133 cm³/mol. The summed E-state index contributed by atoms with van der Waals surface area (Å²) >= 11 is 12.1. The molecule has 0 spiro atoms. The number of carbonyl (C=O) groups is 1. The molecule has 0 saturated heterocycles. The molecule has 1 unspecified atom stereocenters. The molecule has 3 aromatic rings. The number of nitrogens with one attached hydrogen (secondary N) is 2. The molecule has 1 atom stereocenters. The number of halogens is 2. The van der Waals surface area contributed by atoms with E-state index >= 15 is 0 Å². The maximum atomic E-state index is 12.6. The van der Waals surface area contributed by atoms with E-state index in [1.807, 2.05) is 6.07 Å². The van der Waals surface area contributed by atoms with Gasteiger partial charge in [-0.1, -0.05) is 29.3 Å². The minimum atomic E-state index is -0.900. The number of methoxy groups -OCH3 is 1. The lowest BCUT2D eigenvalue weighted by Crippen LogP contribution is -2.33. The zero-order valence-electron chi connectivity index (χ0n) is 18.6. The van der Waals surface area contributed by atoms with Gasteiger partial charge in [-0.3, -0.25) is 9.78 Å². The first-order valence-corrected chi connectivity index (χ1v) is 11.3. The molecule has 1 amide bonds. The summed E-state index contributed by atoms with van der Waals surface area (Å²) in [6, 6.07) is 13.5. The Labute approximate surface area is 208 Å². The first-order chi connectivity index (χ1) is 16.4. The summed E-state index contributed by atoms with van der Waals surface area (Å²) in [5, 5.41) is 22.1. The van der Waals surface area contributed by atoms with Gasteiger partial charge in [0.05, 0.1) is 19.8 Å². The maximum Gasteiger partial charge on any atom is 0.251 e. The Morgan fingerprint density at radius 3 is 2.56 bits per heavy atom. The van der Waals surface area contributed by atoms with Crippen molar-refractivity contribution in [3.8, 4) is 11.5 Å². The van der Waals surface area contributed by atoms with E-state index in [2.05, 4.69) is 10.3 Å². The highest BCUT2D eigenvalue weighted by atomic mass is 35.5. The lowest BCUT2D eigenvalue weighted by Gasteiger charge is -2.15. The highest BCUT2D eigenvalue weighted by Gasteiger charge is 2.15. The van der Waals surface area contributed by atoms with Crippen LogP contribution in [0.25, 0.3) is 0 Å². The first kappa shape index (κ1) is 25.5. The van der Waals surface area contributed by atoms with Gasteiger partial charge in [0.2, 0.25) is 0 Å². The highest BCUT2D eigenvalue weighted by Crippen LogP contribution is 2.29. The molecule has 34 heavy (non-hydrogen) atoms. The zero-order valence-corrected chi connectivity index (χ0v) is 20.1. The van der Waals surface area contributed by atoms with Gasteiger partial charge in [0.15, 0.2) is 11.5 Å². The normalized spacial score (nSPS) is 11.5. The summed E-state index contributed by atoms with van der Waals surface area (Å²) in [6.07, 6.45) is 2.93. The molecule has 0 aliphatic carbocycles. The van der Waals surface area contributed by atoms with Crippen LogP contribution in [0.2, 0.25) is 10.0 Å². The van der Waals surface area contributed by atoms with Crippen molar-refractivity contribution in [1.82, 2.24) is 10.3 Å². The fourth-order valence-corrected chi connectivity index (χ4v) is 3.72. The first-order valence-electron chi connectivity index (χ1n) is 10.6. The third kappa shape index (κ3) is 7.18. The van der Waals surface area contributed by atoms with Gasteiger partial charge >= 0.3 is 0 Å². The summed E-state index contributed by atoms with van der Waals surface area (Å²) in [4.78, 5) is 16.5. The van der Waals surface area contributed by atoms with Crippen LogP contribution >= 0.6 is 23.2 Å². The third-order valence-electron chi connectivity index (χ3n) is 5.04. The van der Waals surface area contributed by atoms with Crippen molar-refractivity contribution in [2.24, 2.45) is 0 Å². The second-order valence-electron chi connectivity index (χ2n) is 7.48. The molecular formula is C25H25Cl2N3O4. The van der Waals surface area contributed by atoms with E-state index < -0.39 is 6.10 Å². The van der Waals surface area contributed by atoms with Crippen LogP contribution in [0.5, 0.6) is 11.5 Å². The van der Waals surface area contributed by atoms with Gasteiger partial charge in [-0.2, -0.15) is 0 Å². The number of carbonyl (C=O) groups excluding carboxylic acids is 1. The van der Waals surface area contributed by atoms with Crippen molar-refractivity contribution in [3.63, 3.8) is 0 Å². The zero-order chi connectivity index (χ0) is 24.5. The van der Waals surface area contributed by atoms with Crippen molar-refractivity contribution < 1.29 is 19.4 Å². The van der Waals surface area contributed by atoms with Crippen LogP contribution in [-0.4, -0.2) is 48.1 Å². The highest BCUT2D eigenvalue weighted by molar-refractivity contribution is 6.35. The lowest BCUT2D eigenvalue weighted by atomic mass is 10.1. The molecule has 0 radical (unpaired) electrons. The van der Waals surface area contributed by atoms with Gasteiger partial charge in [-0.15, -0.1) is 0 Å². The number of hydrogen-bond donors (Lipinski definition) is 3. The van der Waals surface area contributed by atoms with Crippen molar-refractivity contribution in [3.05, 3.63) is 87.7 Å². The Kier molecular flexibility index (Phi) is 9.27. The molecule has 3 rings (SSSR count). The Bertz CT molecular complexity index is 1140. The molecule has 0 aliphatic rings. The number of aliphatic hydroxyl groups is 1. The monoisotopic (exact) mass is 501 g/mol. The summed E-state index contributed by atoms with van der Waals surface area (Å²) in [5.41, 5.74) is 2.20. The fraction of sp³-hybridized carbons (Fsp3) is 0.240. The molecule has 0 bridgehead atoms. The second-order valence-corrected chi connectivity index (χ2v) is 8.33. The van der Waals surface area contributed by atoms with E-state index in [-0.39, 0.29) is 24.6 Å². The molecule has 9 heteroatoms. The number of ether oxygens (including phenoxy) is 2. The number of hydrogen-bond acceptors (Lipinski definition) is 6. The van der Waals surface area contributed by atoms with Crippen LogP contribution in [-0.2, 0) is 6.42 Å². The average molecular weight is 502 g/mol. The van der Waals surface area contributed by atoms with E-state index in [1.54, 1.807) is 54.9 Å². The van der Waals surface area contributed by atoms with E-state index in [4.69, 9.17) is 38.1 Å². The number of benzene rings is 2. The van der Waals surface area contributed by atoms with Gasteiger partial charge < -0.3 is 25.3 Å². The van der Waals surface area contributed by atoms with Gasteiger partial charge in [-0.25, -0.2) is 0 Å². The summed E-state index contributed by atoms with van der Waals surface area (Å²) in [6.45, 7) is 0.322. The largest absolute Gasteiger partial charge is 0.493 e. The van der Waals surface area contributed by atoms with Crippen molar-refractivity contribution in [1.29, 1.82) is 5.41 Å². The van der Waals surface area contributed by atoms with Gasteiger partial charge in [0, 0.05) is 53.1 Å². The fourth-order valence-electron chi connectivity index (χ4n) is 3.22. The Balaban J connectivity index is 1.55. The van der Waals surface area contributed by atoms with Crippen LogP contribution < -0.4 is 14.8 Å². The number of pyridine rings is 1. The summed E-state index contributed by atoms with van der Waals surface area (Å²) in [5.74, 6) is 0.535. The van der Waals surface area contributed by atoms with Gasteiger partial charge in [0.25, 0.3) is 5.91 Å². The molecular weight excluding hydrogens is 477 g/mol. The van der Waals surface area contributed by atoms with Crippen molar-refractivity contribution in [2.45, 2.75) is 18.9 Å². The molecule has 3 N–H and O–H groups in total. The number of nitrogens with zero attached hydrogens (tertiary/aromatic N) is 1. The molecule has 0 aliphatic heterocycles. The number of aromatic nitrogens is 1. The number of amides is 1. The maximum absolute atomic E-state index is 12.6. The quantitative estimate of drug-likeness (QED) is 0.334. The molecule has 1 heterocycles. The van der Waals surface area contributed by atoms with Crippen LogP contribution in [0, 0.1) is 5.41 Å². The standard InChI is InChI=1S/C25H25Cl2N3O4/c1-33-23-5-3-18(12-24(23)34-11-8-16-2-4-19(26)13-21(16)27)25(32)30-15-20(31)14-22(28)17-6-9-29-10-7-17/h2-7,9-10,12-13,20,28,31H,8,11,14-15H2,1H3,(H,30,32). The Hall–Kier alpha value is -3.13. The number of aliphatic hydroxyl groups excluding tert-OH is 1. The molecule has 178 valence electrons. The Morgan fingerprint density at radius 1 is 1.09 bits per heavy atom. The summed E-state index contributed by atoms with van der Waals surface area (Å²) < 4.78 is 11.2. The van der Waals surface area contributed by atoms with E-state index in [1.165, 1.54) is 7.11 Å². The second kappa shape index (κ2) is 12.4. The van der Waals surface area contributed by atoms with E-state index in [0.29, 0.717) is 45.7 Å². The SMILES string of the molecule is COc1ccc(C(=O)NCC(O)CC(=N)c2ccncc2)cc1OCCc1ccc(Cl)cc1Cl. The molecule has 7 nitrogen and oxygen atoms in total. The number of rotatable bonds is 11. The van der Waals surface area contributed by atoms with E-state index in [9.17, 15) is 9.90 Å². The predicted octanol–water partition coefficient (Wildman–Crippen LogP) is 4.57. The van der Waals surface area contributed by atoms with Crippen LogP contribution in [0.1, 0.15) is 27.9 Å². The van der Waals surface area contributed by atoms with E-state index in [0.717, 1.165) is 5.56 Å². The van der Waals surface area contributed by atoms with Gasteiger partial charge in [-0.05, 0) is 53.6 Å². The van der Waals surface area contributed by atoms with Gasteiger partial charge in [0.1, 0.15) is 0 Å². The lowest BCUT2D eigenvalue weighted by molar-refractivity contribution is 0.0918. The average Bonchev–Trinajstić information content (AvgIpc) is 2.84. The van der Waals surface area contributed by atoms with Crippen LogP contribution in [0.15, 0.2) is 60.9 Å². The minimum absolute atomic E-state index is 0.00355. The molecule has 0 saturated carbocycles. The minimum Gasteiger partial charge on any atom is -0.493 e. The Morgan fingerprint density at radius 2 is 1.85 bits per heavy atom. The van der Waals surface area contributed by atoms with Crippen LogP contribution in [0.4, 0.5) is 0 Å². The van der Waals surface area contributed by atoms with Crippen molar-refractivity contribution in [2.75, 3.05) is 20.3 Å². The van der Waals surface area contributed by atoms with Crippen LogP contribution in [0.3, 0.4) is 0 Å². The summed E-state index contributed by atoms with van der Waals surface area (Å²) in [7, 11) is 1.52. The topological polar surface area (TPSA) is 105 Å². The molecule has 2 aromatic carbocycles.